The second-order valence-corrected chi connectivity index (χ2v) is 7.37. The summed E-state index contributed by atoms with van der Waals surface area (Å²) >= 11 is 0. The van der Waals surface area contributed by atoms with E-state index in [1.165, 1.54) is 6.92 Å². The predicted octanol–water partition coefficient (Wildman–Crippen LogP) is 3.06. The smallest absolute Gasteiger partial charge is 0.308 e. The fraction of sp³-hybridized carbons (Fsp3) is 0.350. The van der Waals surface area contributed by atoms with Crippen LogP contribution in [0.15, 0.2) is 47.1 Å². The quantitative estimate of drug-likeness (QED) is 0.648. The van der Waals surface area contributed by atoms with Crippen molar-refractivity contribution in [3.8, 4) is 11.8 Å². The number of rotatable bonds is 2. The third kappa shape index (κ3) is 3.21. The van der Waals surface area contributed by atoms with Crippen LogP contribution < -0.4 is 10.5 Å². The Labute approximate surface area is 151 Å². The molecule has 1 atom stereocenters. The molecule has 6 nitrogen and oxygen atoms in total. The van der Waals surface area contributed by atoms with E-state index >= 15 is 0 Å². The first-order valence-electron chi connectivity index (χ1n) is 8.34. The maximum atomic E-state index is 12.8. The summed E-state index contributed by atoms with van der Waals surface area (Å²) < 4.78 is 10.7. The molecule has 1 aliphatic carbocycles. The lowest BCUT2D eigenvalue weighted by Crippen LogP contribution is -2.33. The number of ether oxygens (including phenoxy) is 2. The van der Waals surface area contributed by atoms with E-state index in [-0.39, 0.29) is 22.7 Å². The van der Waals surface area contributed by atoms with Crippen molar-refractivity contribution in [3.63, 3.8) is 0 Å². The first-order chi connectivity index (χ1) is 12.2. The highest BCUT2D eigenvalue weighted by molar-refractivity contribution is 6.00. The van der Waals surface area contributed by atoms with E-state index in [0.717, 1.165) is 5.56 Å². The molecule has 1 aliphatic heterocycles. The van der Waals surface area contributed by atoms with E-state index in [4.69, 9.17) is 15.2 Å². The Hall–Kier alpha value is -3.07. The van der Waals surface area contributed by atoms with Crippen LogP contribution in [0.25, 0.3) is 0 Å². The van der Waals surface area contributed by atoms with Crippen molar-refractivity contribution in [2.75, 3.05) is 0 Å². The molecule has 0 aromatic heterocycles. The summed E-state index contributed by atoms with van der Waals surface area (Å²) in [4.78, 5) is 23.9. The average molecular weight is 352 g/mol. The fourth-order valence-corrected chi connectivity index (χ4v) is 3.51. The lowest BCUT2D eigenvalue weighted by molar-refractivity contribution is -0.131. The van der Waals surface area contributed by atoms with E-state index in [1.54, 1.807) is 24.3 Å². The highest BCUT2D eigenvalue weighted by Crippen LogP contribution is 2.47. The first-order valence-corrected chi connectivity index (χ1v) is 8.34. The van der Waals surface area contributed by atoms with Gasteiger partial charge < -0.3 is 15.2 Å². The molecule has 2 N–H and O–H groups in total. The van der Waals surface area contributed by atoms with Crippen molar-refractivity contribution in [1.29, 1.82) is 5.26 Å². The van der Waals surface area contributed by atoms with E-state index in [9.17, 15) is 14.9 Å². The zero-order valence-electron chi connectivity index (χ0n) is 15.0. The standard InChI is InChI=1S/C20H20N2O4/c1-11(23)25-13-6-4-12(5-7-13)17-14(10-21)19(22)26-16-9-20(2,3)8-15(24)18(16)17/h4-7,17H,8-9,22H2,1-3H3. The molecule has 0 bridgehead atoms. The maximum absolute atomic E-state index is 12.8. The molecule has 3 rings (SSSR count). The molecule has 0 radical (unpaired) electrons. The van der Waals surface area contributed by atoms with Gasteiger partial charge in [0.2, 0.25) is 5.88 Å². The topological polar surface area (TPSA) is 102 Å². The van der Waals surface area contributed by atoms with Gasteiger partial charge in [0.15, 0.2) is 5.78 Å². The van der Waals surface area contributed by atoms with Crippen LogP contribution in [0, 0.1) is 16.7 Å². The Morgan fingerprint density at radius 2 is 1.96 bits per heavy atom. The molecule has 1 aromatic rings. The van der Waals surface area contributed by atoms with Gasteiger partial charge in [0.1, 0.15) is 23.2 Å². The SMILES string of the molecule is CC(=O)Oc1ccc(C2C(C#N)=C(N)OC3=C2C(=O)CC(C)(C)C3)cc1. The molecule has 0 saturated carbocycles. The number of hydrogen-bond donors (Lipinski definition) is 1. The molecule has 0 spiro atoms. The second kappa shape index (κ2) is 6.34. The van der Waals surface area contributed by atoms with Crippen LogP contribution in [0.1, 0.15) is 45.1 Å². The van der Waals surface area contributed by atoms with Gasteiger partial charge in [0, 0.05) is 25.3 Å². The van der Waals surface area contributed by atoms with Crippen LogP contribution in [0.2, 0.25) is 0 Å². The van der Waals surface area contributed by atoms with Crippen molar-refractivity contribution in [3.05, 3.63) is 52.6 Å². The van der Waals surface area contributed by atoms with Gasteiger partial charge in [-0.2, -0.15) is 5.26 Å². The van der Waals surface area contributed by atoms with Crippen molar-refractivity contribution >= 4 is 11.8 Å². The number of esters is 1. The Kier molecular flexibility index (Phi) is 4.33. The summed E-state index contributed by atoms with van der Waals surface area (Å²) in [5, 5.41) is 9.57. The Morgan fingerprint density at radius 3 is 2.54 bits per heavy atom. The van der Waals surface area contributed by atoms with Gasteiger partial charge in [0.05, 0.1) is 5.92 Å². The number of carbonyl (C=O) groups is 2. The number of nitriles is 1. The van der Waals surface area contributed by atoms with E-state index in [2.05, 4.69) is 6.07 Å². The van der Waals surface area contributed by atoms with Gasteiger partial charge >= 0.3 is 5.97 Å². The Morgan fingerprint density at radius 1 is 1.31 bits per heavy atom. The van der Waals surface area contributed by atoms with Gasteiger partial charge in [0.25, 0.3) is 0 Å². The molecule has 2 aliphatic rings. The van der Waals surface area contributed by atoms with E-state index in [1.807, 2.05) is 13.8 Å². The molecule has 0 fully saturated rings. The molecular formula is C20H20N2O4. The molecule has 1 aromatic carbocycles. The highest BCUT2D eigenvalue weighted by Gasteiger charge is 2.42. The van der Waals surface area contributed by atoms with Crippen LogP contribution >= 0.6 is 0 Å². The molecule has 1 unspecified atom stereocenters. The predicted molar refractivity (Wildman–Crippen MR) is 93.5 cm³/mol. The minimum Gasteiger partial charge on any atom is -0.444 e. The monoisotopic (exact) mass is 352 g/mol. The second-order valence-electron chi connectivity index (χ2n) is 7.37. The number of carbonyl (C=O) groups excluding carboxylic acids is 2. The molecule has 6 heteroatoms. The third-order valence-corrected chi connectivity index (χ3v) is 4.55. The van der Waals surface area contributed by atoms with Gasteiger partial charge in [-0.3, -0.25) is 9.59 Å². The van der Waals surface area contributed by atoms with Crippen LogP contribution in [0.5, 0.6) is 5.75 Å². The highest BCUT2D eigenvalue weighted by atomic mass is 16.5. The van der Waals surface area contributed by atoms with E-state index in [0.29, 0.717) is 29.9 Å². The molecule has 1 heterocycles. The van der Waals surface area contributed by atoms with Gasteiger partial charge in [-0.25, -0.2) is 0 Å². The minimum atomic E-state index is -0.571. The van der Waals surface area contributed by atoms with Gasteiger partial charge in [-0.05, 0) is 23.1 Å². The molecule has 0 saturated heterocycles. The maximum Gasteiger partial charge on any atom is 0.308 e. The average Bonchev–Trinajstić information content (AvgIpc) is 2.52. The van der Waals surface area contributed by atoms with Crippen LogP contribution in [-0.4, -0.2) is 11.8 Å². The zero-order valence-corrected chi connectivity index (χ0v) is 15.0. The van der Waals surface area contributed by atoms with Crippen LogP contribution in [0.3, 0.4) is 0 Å². The Bertz CT molecular complexity index is 885. The van der Waals surface area contributed by atoms with Crippen LogP contribution in [-0.2, 0) is 14.3 Å². The van der Waals surface area contributed by atoms with Crippen molar-refractivity contribution in [2.24, 2.45) is 11.1 Å². The van der Waals surface area contributed by atoms with Crippen molar-refractivity contribution in [1.82, 2.24) is 0 Å². The summed E-state index contributed by atoms with van der Waals surface area (Å²) in [6.45, 7) is 5.32. The summed E-state index contributed by atoms with van der Waals surface area (Å²) in [7, 11) is 0. The van der Waals surface area contributed by atoms with Crippen LogP contribution in [0.4, 0.5) is 0 Å². The van der Waals surface area contributed by atoms with Gasteiger partial charge in [-0.1, -0.05) is 26.0 Å². The molecular weight excluding hydrogens is 332 g/mol. The number of hydrogen-bond acceptors (Lipinski definition) is 6. The first kappa shape index (κ1) is 17.7. The zero-order chi connectivity index (χ0) is 19.1. The third-order valence-electron chi connectivity index (χ3n) is 4.55. The minimum absolute atomic E-state index is 0.0332. The number of nitrogens with zero attached hydrogens (tertiary/aromatic N) is 1. The number of benzene rings is 1. The largest absolute Gasteiger partial charge is 0.444 e. The lowest BCUT2D eigenvalue weighted by Gasteiger charge is -2.37. The van der Waals surface area contributed by atoms with Crippen molar-refractivity contribution in [2.45, 2.75) is 39.5 Å². The normalized spacial score (nSPS) is 21.6. The molecule has 26 heavy (non-hydrogen) atoms. The van der Waals surface area contributed by atoms with Gasteiger partial charge in [-0.15, -0.1) is 0 Å². The van der Waals surface area contributed by atoms with Crippen molar-refractivity contribution < 1.29 is 19.1 Å². The lowest BCUT2D eigenvalue weighted by atomic mass is 9.70. The Balaban J connectivity index is 2.08. The molecule has 134 valence electrons. The summed E-state index contributed by atoms with van der Waals surface area (Å²) in [6.07, 6.45) is 0.964. The number of nitrogens with two attached hydrogens (primary N) is 1. The summed E-state index contributed by atoms with van der Waals surface area (Å²) in [6, 6.07) is 8.81. The van der Waals surface area contributed by atoms with E-state index < -0.39 is 11.9 Å². The number of ketones is 1. The number of Topliss-reactive ketones (excluding diaryl/α,β-unsaturated/α-hetero) is 1. The molecule has 0 amide bonds. The number of allylic oxidation sites excluding steroid dienone is 3. The summed E-state index contributed by atoms with van der Waals surface area (Å²) in [5.74, 6) is -0.0543. The summed E-state index contributed by atoms with van der Waals surface area (Å²) in [5.41, 5.74) is 7.20. The fourth-order valence-electron chi connectivity index (χ4n) is 3.51.